The molecule has 2 aromatic heterocycles. The Balaban J connectivity index is 1.39. The first-order valence-corrected chi connectivity index (χ1v) is 10.8. The molecule has 5 aromatic rings. The first-order valence-electron chi connectivity index (χ1n) is 10.8. The maximum atomic E-state index is 11.9. The highest BCUT2D eigenvalue weighted by Gasteiger charge is 2.15. The van der Waals surface area contributed by atoms with E-state index in [1.807, 2.05) is 79.7 Å². The summed E-state index contributed by atoms with van der Waals surface area (Å²) >= 11 is 0. The van der Waals surface area contributed by atoms with Crippen molar-refractivity contribution in [2.45, 2.75) is 13.3 Å². The number of benzene rings is 3. The van der Waals surface area contributed by atoms with E-state index in [4.69, 9.17) is 19.3 Å². The molecule has 5 rings (SSSR count). The number of furan rings is 1. The molecule has 0 atom stereocenters. The number of fused-ring (bicyclic) bond motifs is 1. The normalized spacial score (nSPS) is 11.6. The molecule has 0 spiro atoms. The number of oxazole rings is 1. The quantitative estimate of drug-likeness (QED) is 0.246. The van der Waals surface area contributed by atoms with E-state index >= 15 is 0 Å². The number of amides is 1. The lowest BCUT2D eigenvalue weighted by Gasteiger charge is -2.07. The van der Waals surface area contributed by atoms with Gasteiger partial charge in [-0.3, -0.25) is 4.79 Å². The van der Waals surface area contributed by atoms with Gasteiger partial charge in [-0.1, -0.05) is 42.5 Å². The van der Waals surface area contributed by atoms with E-state index in [1.54, 1.807) is 18.2 Å². The van der Waals surface area contributed by atoms with E-state index in [0.29, 0.717) is 18.1 Å². The Morgan fingerprint density at radius 2 is 1.71 bits per heavy atom. The van der Waals surface area contributed by atoms with Crippen molar-refractivity contribution in [2.24, 2.45) is 5.73 Å². The number of rotatable bonds is 7. The summed E-state index contributed by atoms with van der Waals surface area (Å²) in [7, 11) is 0. The van der Waals surface area contributed by atoms with Crippen LogP contribution in [0.3, 0.4) is 0 Å². The van der Waals surface area contributed by atoms with Gasteiger partial charge in [-0.2, -0.15) is 0 Å². The summed E-state index contributed by atoms with van der Waals surface area (Å²) in [6.07, 6.45) is 2.13. The zero-order valence-corrected chi connectivity index (χ0v) is 18.5. The van der Waals surface area contributed by atoms with Crippen LogP contribution in [-0.4, -0.2) is 10.9 Å². The molecule has 0 aliphatic carbocycles. The maximum absolute atomic E-state index is 11.9. The SMILES string of the molecule is Cc1oc(-c2ccccc2)nc1Cc1cc2cc(/C=C(\Oc3ccccc3)C(N)=O)ccc2o1. The monoisotopic (exact) mass is 450 g/mol. The Hall–Kier alpha value is -4.58. The second kappa shape index (κ2) is 9.11. The molecule has 0 saturated heterocycles. The van der Waals surface area contributed by atoms with Crippen molar-refractivity contribution in [2.75, 3.05) is 0 Å². The predicted molar refractivity (Wildman–Crippen MR) is 130 cm³/mol. The van der Waals surface area contributed by atoms with E-state index in [1.165, 1.54) is 0 Å². The van der Waals surface area contributed by atoms with Crippen molar-refractivity contribution in [3.63, 3.8) is 0 Å². The van der Waals surface area contributed by atoms with Crippen LogP contribution in [0.25, 0.3) is 28.5 Å². The molecule has 2 N–H and O–H groups in total. The fraction of sp³-hybridized carbons (Fsp3) is 0.0714. The van der Waals surface area contributed by atoms with E-state index < -0.39 is 5.91 Å². The zero-order chi connectivity index (χ0) is 23.5. The van der Waals surface area contributed by atoms with Gasteiger partial charge in [-0.15, -0.1) is 0 Å². The van der Waals surface area contributed by atoms with Crippen LogP contribution in [0.4, 0.5) is 0 Å². The largest absolute Gasteiger partial charge is 0.461 e. The number of primary amides is 1. The summed E-state index contributed by atoms with van der Waals surface area (Å²) in [5, 5.41) is 0.900. The second-order valence-electron chi connectivity index (χ2n) is 7.86. The Labute approximate surface area is 196 Å². The molecule has 0 radical (unpaired) electrons. The van der Waals surface area contributed by atoms with Crippen LogP contribution in [0.5, 0.6) is 5.75 Å². The summed E-state index contributed by atoms with van der Waals surface area (Å²) in [5.41, 5.74) is 8.79. The molecule has 168 valence electrons. The van der Waals surface area contributed by atoms with Gasteiger partial charge in [0.2, 0.25) is 5.89 Å². The zero-order valence-electron chi connectivity index (χ0n) is 18.5. The highest BCUT2D eigenvalue weighted by atomic mass is 16.5. The minimum atomic E-state index is -0.646. The van der Waals surface area contributed by atoms with Crippen molar-refractivity contribution < 1.29 is 18.4 Å². The van der Waals surface area contributed by atoms with E-state index in [0.717, 1.165) is 39.3 Å². The minimum absolute atomic E-state index is 0.0564. The highest BCUT2D eigenvalue weighted by molar-refractivity contribution is 5.95. The number of para-hydroxylation sites is 1. The molecule has 0 bridgehead atoms. The number of hydrogen-bond acceptors (Lipinski definition) is 5. The van der Waals surface area contributed by atoms with Gasteiger partial charge in [0, 0.05) is 10.9 Å². The molecular formula is C28H22N2O4. The van der Waals surface area contributed by atoms with Crippen LogP contribution in [0.2, 0.25) is 0 Å². The van der Waals surface area contributed by atoms with E-state index in [2.05, 4.69) is 4.98 Å². The van der Waals surface area contributed by atoms with Crippen molar-refractivity contribution in [3.05, 3.63) is 113 Å². The molecule has 6 nitrogen and oxygen atoms in total. The van der Waals surface area contributed by atoms with Crippen LogP contribution in [0.15, 0.2) is 99.5 Å². The lowest BCUT2D eigenvalue weighted by Crippen LogP contribution is -2.18. The number of aryl methyl sites for hydroxylation is 1. The van der Waals surface area contributed by atoms with Gasteiger partial charge in [0.25, 0.3) is 5.91 Å². The molecule has 6 heteroatoms. The number of hydrogen-bond donors (Lipinski definition) is 1. The molecule has 0 unspecified atom stereocenters. The van der Waals surface area contributed by atoms with Crippen molar-refractivity contribution in [3.8, 4) is 17.2 Å². The van der Waals surface area contributed by atoms with Crippen LogP contribution >= 0.6 is 0 Å². The average molecular weight is 450 g/mol. The van der Waals surface area contributed by atoms with Gasteiger partial charge >= 0.3 is 0 Å². The first kappa shape index (κ1) is 21.3. The molecule has 3 aromatic carbocycles. The smallest absolute Gasteiger partial charge is 0.284 e. The molecule has 0 aliphatic rings. The lowest BCUT2D eigenvalue weighted by molar-refractivity contribution is -0.116. The number of carbonyl (C=O) groups is 1. The van der Waals surface area contributed by atoms with Crippen molar-refractivity contribution in [1.82, 2.24) is 4.98 Å². The third-order valence-electron chi connectivity index (χ3n) is 5.36. The average Bonchev–Trinajstić information content (AvgIpc) is 3.42. The second-order valence-corrected chi connectivity index (χ2v) is 7.86. The number of nitrogens with two attached hydrogens (primary N) is 1. The molecule has 0 aliphatic heterocycles. The summed E-state index contributed by atoms with van der Waals surface area (Å²) < 4.78 is 17.6. The number of aromatic nitrogens is 1. The van der Waals surface area contributed by atoms with Crippen molar-refractivity contribution >= 4 is 23.0 Å². The fourth-order valence-electron chi connectivity index (χ4n) is 3.67. The maximum Gasteiger partial charge on any atom is 0.284 e. The summed E-state index contributed by atoms with van der Waals surface area (Å²) in [4.78, 5) is 16.6. The third-order valence-corrected chi connectivity index (χ3v) is 5.36. The Kier molecular flexibility index (Phi) is 5.70. The minimum Gasteiger partial charge on any atom is -0.461 e. The van der Waals surface area contributed by atoms with Gasteiger partial charge < -0.3 is 19.3 Å². The molecule has 0 fully saturated rings. The topological polar surface area (TPSA) is 91.5 Å². The van der Waals surface area contributed by atoms with Crippen LogP contribution < -0.4 is 10.5 Å². The fourth-order valence-corrected chi connectivity index (χ4v) is 3.67. The summed E-state index contributed by atoms with van der Waals surface area (Å²) in [6, 6.07) is 26.4. The molecular weight excluding hydrogens is 428 g/mol. The first-order chi connectivity index (χ1) is 16.5. The predicted octanol–water partition coefficient (Wildman–Crippen LogP) is 5.89. The number of nitrogens with zero attached hydrogens (tertiary/aromatic N) is 1. The molecule has 34 heavy (non-hydrogen) atoms. The van der Waals surface area contributed by atoms with Gasteiger partial charge in [0.15, 0.2) is 5.76 Å². The number of ether oxygens (including phenoxy) is 1. The Morgan fingerprint density at radius 3 is 2.44 bits per heavy atom. The molecule has 2 heterocycles. The van der Waals surface area contributed by atoms with Gasteiger partial charge in [0.05, 0.1) is 12.1 Å². The third kappa shape index (κ3) is 4.61. The standard InChI is InChI=1S/C28H22N2O4/c1-18-24(30-28(32-18)20-8-4-2-5-9-20)17-23-16-21-14-19(12-13-25(21)34-23)15-26(27(29)31)33-22-10-6-3-7-11-22/h2-16H,17H2,1H3,(H2,29,31)/b26-15-. The van der Waals surface area contributed by atoms with Crippen molar-refractivity contribution in [1.29, 1.82) is 0 Å². The number of carbonyl (C=O) groups excluding carboxylic acids is 1. The van der Waals surface area contributed by atoms with Gasteiger partial charge in [-0.25, -0.2) is 4.98 Å². The van der Waals surface area contributed by atoms with E-state index in [9.17, 15) is 4.79 Å². The van der Waals surface area contributed by atoms with Crippen LogP contribution in [0, 0.1) is 6.92 Å². The van der Waals surface area contributed by atoms with Crippen LogP contribution in [0.1, 0.15) is 22.8 Å². The Bertz CT molecular complexity index is 1480. The molecule has 1 amide bonds. The van der Waals surface area contributed by atoms with Gasteiger partial charge in [-0.05, 0) is 61.0 Å². The summed E-state index contributed by atoms with van der Waals surface area (Å²) in [5.74, 6) is 2.06. The van der Waals surface area contributed by atoms with E-state index in [-0.39, 0.29) is 5.76 Å². The highest BCUT2D eigenvalue weighted by Crippen LogP contribution is 2.27. The Morgan fingerprint density at radius 1 is 0.971 bits per heavy atom. The lowest BCUT2D eigenvalue weighted by atomic mass is 10.1. The van der Waals surface area contributed by atoms with Gasteiger partial charge in [0.1, 0.15) is 22.9 Å². The van der Waals surface area contributed by atoms with Crippen LogP contribution in [-0.2, 0) is 11.2 Å². The summed E-state index contributed by atoms with van der Waals surface area (Å²) in [6.45, 7) is 1.90. The molecule has 0 saturated carbocycles.